The second kappa shape index (κ2) is 11.1. The first kappa shape index (κ1) is 23.7. The van der Waals surface area contributed by atoms with Crippen molar-refractivity contribution in [3.63, 3.8) is 0 Å². The van der Waals surface area contributed by atoms with Gasteiger partial charge in [-0.15, -0.1) is 0 Å². The van der Waals surface area contributed by atoms with Gasteiger partial charge in [0.1, 0.15) is 18.1 Å². The van der Waals surface area contributed by atoms with Crippen molar-refractivity contribution < 1.29 is 19.0 Å². The SMILES string of the molecule is C[Si](C)(C)CCOCN/C(=C\C=N)c1ccc(Oc2ccc3c(CCO)coc3c2)nc1. The van der Waals surface area contributed by atoms with E-state index in [1.54, 1.807) is 24.6 Å². The molecule has 0 saturated heterocycles. The topological polar surface area (TPSA) is 101 Å². The molecule has 0 bridgehead atoms. The Morgan fingerprint density at radius 3 is 2.78 bits per heavy atom. The number of allylic oxidation sites excluding steroid dienone is 1. The van der Waals surface area contributed by atoms with E-state index in [0.29, 0.717) is 30.4 Å². The van der Waals surface area contributed by atoms with Crippen LogP contribution in [-0.4, -0.2) is 44.3 Å². The molecule has 7 nitrogen and oxygen atoms in total. The zero-order valence-corrected chi connectivity index (χ0v) is 19.9. The van der Waals surface area contributed by atoms with Crippen LogP contribution in [0.1, 0.15) is 11.1 Å². The average molecular weight is 454 g/mol. The van der Waals surface area contributed by atoms with Gasteiger partial charge in [0, 0.05) is 68.0 Å². The number of nitrogens with one attached hydrogen (secondary N) is 2. The predicted molar refractivity (Wildman–Crippen MR) is 130 cm³/mol. The van der Waals surface area contributed by atoms with Gasteiger partial charge in [0.15, 0.2) is 0 Å². The van der Waals surface area contributed by atoms with Crippen molar-refractivity contribution in [3.05, 3.63) is 60.0 Å². The van der Waals surface area contributed by atoms with E-state index in [1.807, 2.05) is 24.3 Å². The van der Waals surface area contributed by atoms with E-state index in [-0.39, 0.29) is 6.61 Å². The summed E-state index contributed by atoms with van der Waals surface area (Å²) in [5.74, 6) is 1.07. The minimum atomic E-state index is -1.11. The number of nitrogens with zero attached hydrogens (tertiary/aromatic N) is 1. The molecule has 0 saturated carbocycles. The lowest BCUT2D eigenvalue weighted by Gasteiger charge is -2.16. The largest absolute Gasteiger partial charge is 0.464 e. The Labute approximate surface area is 189 Å². The summed E-state index contributed by atoms with van der Waals surface area (Å²) in [5.41, 5.74) is 3.28. The Balaban J connectivity index is 1.60. The van der Waals surface area contributed by atoms with Crippen molar-refractivity contribution in [2.45, 2.75) is 32.1 Å². The first-order valence-corrected chi connectivity index (χ1v) is 14.4. The lowest BCUT2D eigenvalue weighted by molar-refractivity contribution is 0.139. The van der Waals surface area contributed by atoms with Crippen molar-refractivity contribution in [2.75, 3.05) is 19.9 Å². The summed E-state index contributed by atoms with van der Waals surface area (Å²) in [5, 5.41) is 20.7. The fraction of sp³-hybridized carbons (Fsp3) is 0.333. The third-order valence-electron chi connectivity index (χ3n) is 4.89. The molecular weight excluding hydrogens is 422 g/mol. The van der Waals surface area contributed by atoms with Gasteiger partial charge in [0.05, 0.1) is 6.26 Å². The minimum Gasteiger partial charge on any atom is -0.464 e. The maximum absolute atomic E-state index is 9.14. The highest BCUT2D eigenvalue weighted by atomic mass is 28.3. The van der Waals surface area contributed by atoms with Crippen LogP contribution in [-0.2, 0) is 11.2 Å². The molecule has 0 atom stereocenters. The van der Waals surface area contributed by atoms with Crippen LogP contribution in [0.5, 0.6) is 11.6 Å². The van der Waals surface area contributed by atoms with Crippen LogP contribution in [0.4, 0.5) is 0 Å². The maximum atomic E-state index is 9.14. The molecule has 2 aromatic heterocycles. The molecule has 0 aliphatic carbocycles. The summed E-state index contributed by atoms with van der Waals surface area (Å²) in [6.45, 7) is 8.15. The minimum absolute atomic E-state index is 0.0804. The number of rotatable bonds is 12. The number of aliphatic hydroxyl groups excluding tert-OH is 1. The fourth-order valence-electron chi connectivity index (χ4n) is 3.08. The van der Waals surface area contributed by atoms with E-state index in [1.165, 1.54) is 6.21 Å². The van der Waals surface area contributed by atoms with Gasteiger partial charge in [-0.3, -0.25) is 0 Å². The van der Waals surface area contributed by atoms with Crippen molar-refractivity contribution in [1.29, 1.82) is 5.41 Å². The molecule has 32 heavy (non-hydrogen) atoms. The number of hydrogen-bond donors (Lipinski definition) is 3. The van der Waals surface area contributed by atoms with Gasteiger partial charge in [0.2, 0.25) is 5.88 Å². The summed E-state index contributed by atoms with van der Waals surface area (Å²) in [7, 11) is -1.11. The molecule has 3 N–H and O–H groups in total. The van der Waals surface area contributed by atoms with Gasteiger partial charge < -0.3 is 29.7 Å². The van der Waals surface area contributed by atoms with Crippen LogP contribution in [0.2, 0.25) is 25.7 Å². The number of pyridine rings is 1. The Kier molecular flexibility index (Phi) is 8.21. The molecule has 0 aliphatic heterocycles. The first-order valence-electron chi connectivity index (χ1n) is 10.7. The molecule has 0 unspecified atom stereocenters. The highest BCUT2D eigenvalue weighted by Gasteiger charge is 2.12. The van der Waals surface area contributed by atoms with E-state index < -0.39 is 8.07 Å². The standard InChI is InChI=1S/C24H31N3O4Si/c1-32(2,3)13-12-29-17-27-22(8-10-25)18-4-7-24(26-15-18)31-20-5-6-21-19(9-11-28)16-30-23(21)14-20/h4-8,10,14-16,25,27-28H,9,11-13,17H2,1-3H3/b22-8-,25-10?. The van der Waals surface area contributed by atoms with Crippen LogP contribution in [0.3, 0.4) is 0 Å². The molecule has 1 aromatic carbocycles. The number of benzene rings is 1. The van der Waals surface area contributed by atoms with Crippen LogP contribution < -0.4 is 10.1 Å². The Hall–Kier alpha value is -2.94. The molecule has 0 amide bonds. The van der Waals surface area contributed by atoms with Crippen LogP contribution in [0.25, 0.3) is 16.7 Å². The molecule has 0 fully saturated rings. The Morgan fingerprint density at radius 1 is 1.25 bits per heavy atom. The third kappa shape index (κ3) is 6.78. The molecule has 3 aromatic rings. The van der Waals surface area contributed by atoms with Crippen LogP contribution in [0.15, 0.2) is 53.3 Å². The van der Waals surface area contributed by atoms with Gasteiger partial charge in [-0.05, 0) is 36.7 Å². The van der Waals surface area contributed by atoms with Gasteiger partial charge in [-0.1, -0.05) is 19.6 Å². The monoisotopic (exact) mass is 453 g/mol. The summed E-state index contributed by atoms with van der Waals surface area (Å²) in [6, 6.07) is 10.4. The Bertz CT molecular complexity index is 1060. The van der Waals surface area contributed by atoms with Gasteiger partial charge in [-0.2, -0.15) is 0 Å². The van der Waals surface area contributed by atoms with E-state index in [0.717, 1.165) is 34.9 Å². The number of ether oxygens (including phenoxy) is 2. The summed E-state index contributed by atoms with van der Waals surface area (Å²) < 4.78 is 17.1. The molecule has 8 heteroatoms. The van der Waals surface area contributed by atoms with Gasteiger partial charge in [-0.25, -0.2) is 4.98 Å². The molecular formula is C24H31N3O4Si. The molecule has 3 rings (SSSR count). The fourth-order valence-corrected chi connectivity index (χ4v) is 3.84. The van der Waals surface area contributed by atoms with E-state index in [4.69, 9.17) is 24.4 Å². The highest BCUT2D eigenvalue weighted by molar-refractivity contribution is 6.76. The van der Waals surface area contributed by atoms with Crippen molar-refractivity contribution in [2.24, 2.45) is 0 Å². The zero-order chi connectivity index (χ0) is 23.0. The number of aromatic nitrogens is 1. The first-order chi connectivity index (χ1) is 15.4. The summed E-state index contributed by atoms with van der Waals surface area (Å²) in [6.07, 6.45) is 6.83. The van der Waals surface area contributed by atoms with Crippen molar-refractivity contribution >= 4 is 31.0 Å². The van der Waals surface area contributed by atoms with E-state index >= 15 is 0 Å². The highest BCUT2D eigenvalue weighted by Crippen LogP contribution is 2.28. The smallest absolute Gasteiger partial charge is 0.219 e. The Morgan fingerprint density at radius 2 is 2.09 bits per heavy atom. The normalized spacial score (nSPS) is 12.2. The predicted octanol–water partition coefficient (Wildman–Crippen LogP) is 5.05. The van der Waals surface area contributed by atoms with Gasteiger partial charge >= 0.3 is 0 Å². The van der Waals surface area contributed by atoms with Crippen LogP contribution >= 0.6 is 0 Å². The lowest BCUT2D eigenvalue weighted by atomic mass is 10.1. The van der Waals surface area contributed by atoms with E-state index in [9.17, 15) is 0 Å². The third-order valence-corrected chi connectivity index (χ3v) is 6.59. The average Bonchev–Trinajstić information content (AvgIpc) is 3.15. The quantitative estimate of drug-likeness (QED) is 0.154. The summed E-state index contributed by atoms with van der Waals surface area (Å²) in [4.78, 5) is 4.39. The molecule has 170 valence electrons. The molecule has 0 aliphatic rings. The molecule has 0 spiro atoms. The maximum Gasteiger partial charge on any atom is 0.219 e. The van der Waals surface area contributed by atoms with Crippen LogP contribution in [0, 0.1) is 5.41 Å². The number of furan rings is 1. The van der Waals surface area contributed by atoms with Crippen molar-refractivity contribution in [3.8, 4) is 11.6 Å². The lowest BCUT2D eigenvalue weighted by Crippen LogP contribution is -2.24. The number of fused-ring (bicyclic) bond motifs is 1. The van der Waals surface area contributed by atoms with E-state index in [2.05, 4.69) is 29.9 Å². The number of hydrogen-bond acceptors (Lipinski definition) is 7. The van der Waals surface area contributed by atoms with Gasteiger partial charge in [0.25, 0.3) is 0 Å². The molecule has 2 heterocycles. The summed E-state index contributed by atoms with van der Waals surface area (Å²) >= 11 is 0. The second-order valence-corrected chi connectivity index (χ2v) is 14.3. The zero-order valence-electron chi connectivity index (χ0n) is 18.9. The second-order valence-electron chi connectivity index (χ2n) is 8.67. The van der Waals surface area contributed by atoms with Crippen molar-refractivity contribution in [1.82, 2.24) is 10.3 Å². The number of aliphatic hydroxyl groups is 1. The molecule has 0 radical (unpaired) electrons.